The molecule has 0 saturated carbocycles. The Morgan fingerprint density at radius 2 is 0.648 bits per heavy atom. The molecule has 0 spiro atoms. The molecular weight excluding hydrogens is 680 g/mol. The quantitative estimate of drug-likeness (QED) is 0.0606. The standard InChI is InChI=1S/C46H72O8/c1-5-9-13-17-21-25-29-51-37-33-35-39(43(49)45(37)53-31-27-23-19-15-11-7-3)42(48)36-34-38(52-30-26-22-18-14-10-6-2)46(44(50)40(36)41(35)47)54-32-28-24-20-16-12-8-4/h33-34,49-50H,5-32H2,1-4H3. The number of ketones is 2. The molecule has 2 N–H and O–H groups in total. The van der Waals surface area contributed by atoms with Crippen LogP contribution in [0.2, 0.25) is 0 Å². The van der Waals surface area contributed by atoms with E-state index in [0.29, 0.717) is 26.4 Å². The van der Waals surface area contributed by atoms with E-state index in [2.05, 4.69) is 27.7 Å². The number of aromatic hydroxyl groups is 2. The molecule has 0 saturated heterocycles. The first-order valence-corrected chi connectivity index (χ1v) is 21.8. The van der Waals surface area contributed by atoms with Crippen molar-refractivity contribution in [2.75, 3.05) is 26.4 Å². The maximum absolute atomic E-state index is 14.3. The summed E-state index contributed by atoms with van der Waals surface area (Å²) in [4.78, 5) is 28.5. The number of ether oxygens (including phenoxy) is 4. The molecule has 304 valence electrons. The average Bonchev–Trinajstić information content (AvgIpc) is 3.16. The van der Waals surface area contributed by atoms with Crippen molar-refractivity contribution in [3.63, 3.8) is 0 Å². The number of fused-ring (bicyclic) bond motifs is 2. The van der Waals surface area contributed by atoms with E-state index in [1.54, 1.807) is 0 Å². The normalized spacial score (nSPS) is 12.1. The average molecular weight is 753 g/mol. The van der Waals surface area contributed by atoms with Crippen molar-refractivity contribution in [1.29, 1.82) is 0 Å². The molecule has 3 rings (SSSR count). The molecule has 0 radical (unpaired) electrons. The number of phenolic OH excluding ortho intramolecular Hbond substituents is 2. The second-order valence-corrected chi connectivity index (χ2v) is 15.1. The SMILES string of the molecule is CCCCCCCCOc1cc2c(c(O)c1OCCCCCCCC)C(=O)c1cc(OCCCCCCCC)c(OCCCCCCCC)c(O)c1C2=O. The molecule has 54 heavy (non-hydrogen) atoms. The number of rotatable bonds is 32. The van der Waals surface area contributed by atoms with Gasteiger partial charge in [0.15, 0.2) is 34.6 Å². The lowest BCUT2D eigenvalue weighted by Crippen LogP contribution is -2.23. The van der Waals surface area contributed by atoms with E-state index in [9.17, 15) is 19.8 Å². The van der Waals surface area contributed by atoms with Gasteiger partial charge in [0.1, 0.15) is 0 Å². The molecule has 8 heteroatoms. The van der Waals surface area contributed by atoms with Crippen LogP contribution in [0.4, 0.5) is 0 Å². The summed E-state index contributed by atoms with van der Waals surface area (Å²) in [5.41, 5.74) is -0.320. The van der Waals surface area contributed by atoms with Crippen LogP contribution in [0.1, 0.15) is 214 Å². The van der Waals surface area contributed by atoms with Gasteiger partial charge < -0.3 is 29.2 Å². The fourth-order valence-electron chi connectivity index (χ4n) is 7.08. The number of carbonyl (C=O) groups excluding carboxylic acids is 2. The van der Waals surface area contributed by atoms with Crippen molar-refractivity contribution in [2.24, 2.45) is 0 Å². The molecule has 8 nitrogen and oxygen atoms in total. The fraction of sp³-hybridized carbons (Fsp3) is 0.696. The topological polar surface area (TPSA) is 112 Å². The van der Waals surface area contributed by atoms with Gasteiger partial charge in [0.05, 0.1) is 37.6 Å². The highest BCUT2D eigenvalue weighted by molar-refractivity contribution is 6.31. The molecule has 0 aliphatic heterocycles. The summed E-state index contributed by atoms with van der Waals surface area (Å²) in [5.74, 6) is -1.34. The van der Waals surface area contributed by atoms with Crippen LogP contribution < -0.4 is 18.9 Å². The minimum Gasteiger partial charge on any atom is -0.504 e. The summed E-state index contributed by atoms with van der Waals surface area (Å²) in [7, 11) is 0. The van der Waals surface area contributed by atoms with Crippen molar-refractivity contribution >= 4 is 11.6 Å². The van der Waals surface area contributed by atoms with E-state index in [1.165, 1.54) is 89.2 Å². The highest BCUT2D eigenvalue weighted by Crippen LogP contribution is 2.50. The van der Waals surface area contributed by atoms with Crippen LogP contribution in [-0.4, -0.2) is 48.2 Å². The van der Waals surface area contributed by atoms with E-state index in [1.807, 2.05) is 0 Å². The van der Waals surface area contributed by atoms with Gasteiger partial charge in [0.25, 0.3) is 0 Å². The third kappa shape index (κ3) is 14.0. The van der Waals surface area contributed by atoms with E-state index in [4.69, 9.17) is 18.9 Å². The number of hydrogen-bond donors (Lipinski definition) is 2. The van der Waals surface area contributed by atoms with Gasteiger partial charge >= 0.3 is 0 Å². The Kier molecular flexibility index (Phi) is 22.0. The van der Waals surface area contributed by atoms with Crippen molar-refractivity contribution in [3.05, 3.63) is 34.4 Å². The molecular formula is C46H72O8. The second kappa shape index (κ2) is 26.4. The van der Waals surface area contributed by atoms with Gasteiger partial charge in [-0.25, -0.2) is 0 Å². The lowest BCUT2D eigenvalue weighted by atomic mass is 9.82. The molecule has 2 aromatic rings. The van der Waals surface area contributed by atoms with E-state index >= 15 is 0 Å². The first-order valence-electron chi connectivity index (χ1n) is 21.8. The zero-order valence-electron chi connectivity index (χ0n) is 34.3. The van der Waals surface area contributed by atoms with Crippen molar-refractivity contribution in [3.8, 4) is 34.5 Å². The number of benzene rings is 2. The Morgan fingerprint density at radius 1 is 0.389 bits per heavy atom. The summed E-state index contributed by atoms with van der Waals surface area (Å²) < 4.78 is 24.6. The minimum atomic E-state index is -0.578. The summed E-state index contributed by atoms with van der Waals surface area (Å²) in [6, 6.07) is 3.01. The molecule has 1 aliphatic rings. The predicted molar refractivity (Wildman–Crippen MR) is 219 cm³/mol. The molecule has 0 unspecified atom stereocenters. The third-order valence-corrected chi connectivity index (χ3v) is 10.4. The number of phenols is 2. The van der Waals surface area contributed by atoms with Crippen LogP contribution in [0.5, 0.6) is 34.5 Å². The molecule has 0 bridgehead atoms. The molecule has 2 aromatic carbocycles. The van der Waals surface area contributed by atoms with Crippen LogP contribution in [0.15, 0.2) is 12.1 Å². The van der Waals surface area contributed by atoms with E-state index < -0.39 is 23.1 Å². The number of hydrogen-bond acceptors (Lipinski definition) is 8. The maximum Gasteiger partial charge on any atom is 0.204 e. The van der Waals surface area contributed by atoms with Gasteiger partial charge in [-0.3, -0.25) is 9.59 Å². The zero-order chi connectivity index (χ0) is 39.0. The summed E-state index contributed by atoms with van der Waals surface area (Å²) in [5, 5.41) is 23.4. The lowest BCUT2D eigenvalue weighted by Gasteiger charge is -2.25. The number of unbranched alkanes of at least 4 members (excludes halogenated alkanes) is 20. The summed E-state index contributed by atoms with van der Waals surface area (Å²) in [6.45, 7) is 10.2. The van der Waals surface area contributed by atoms with Crippen molar-refractivity contribution < 1.29 is 38.7 Å². The zero-order valence-corrected chi connectivity index (χ0v) is 34.3. The Labute approximate surface area is 326 Å². The van der Waals surface area contributed by atoms with Crippen LogP contribution >= 0.6 is 0 Å². The molecule has 0 atom stereocenters. The molecule has 0 aromatic heterocycles. The van der Waals surface area contributed by atoms with Gasteiger partial charge in [-0.2, -0.15) is 0 Å². The van der Waals surface area contributed by atoms with Crippen LogP contribution in [-0.2, 0) is 0 Å². The molecule has 1 aliphatic carbocycles. The Hall–Kier alpha value is -3.42. The van der Waals surface area contributed by atoms with E-state index in [-0.39, 0.29) is 45.3 Å². The lowest BCUT2D eigenvalue weighted by molar-refractivity contribution is 0.0971. The van der Waals surface area contributed by atoms with Gasteiger partial charge in [-0.05, 0) is 37.8 Å². The monoisotopic (exact) mass is 753 g/mol. The van der Waals surface area contributed by atoms with Crippen LogP contribution in [0.25, 0.3) is 0 Å². The minimum absolute atomic E-state index is 0.0206. The Morgan fingerprint density at radius 3 is 0.944 bits per heavy atom. The smallest absolute Gasteiger partial charge is 0.204 e. The highest BCUT2D eigenvalue weighted by atomic mass is 16.5. The van der Waals surface area contributed by atoms with E-state index in [0.717, 1.165) is 77.0 Å². The Balaban J connectivity index is 1.91. The fourth-order valence-corrected chi connectivity index (χ4v) is 7.08. The summed E-state index contributed by atoms with van der Waals surface area (Å²) in [6.07, 6.45) is 25.9. The van der Waals surface area contributed by atoms with Crippen molar-refractivity contribution in [2.45, 2.75) is 182 Å². The van der Waals surface area contributed by atoms with Gasteiger partial charge in [-0.1, -0.05) is 156 Å². The second-order valence-electron chi connectivity index (χ2n) is 15.1. The van der Waals surface area contributed by atoms with Gasteiger partial charge in [0.2, 0.25) is 11.5 Å². The molecule has 0 amide bonds. The van der Waals surface area contributed by atoms with Gasteiger partial charge in [0, 0.05) is 11.1 Å². The largest absolute Gasteiger partial charge is 0.504 e. The van der Waals surface area contributed by atoms with Gasteiger partial charge in [-0.15, -0.1) is 0 Å². The number of carbonyl (C=O) groups is 2. The summed E-state index contributed by atoms with van der Waals surface area (Å²) >= 11 is 0. The highest BCUT2D eigenvalue weighted by Gasteiger charge is 2.39. The Bertz CT molecular complexity index is 1290. The third-order valence-electron chi connectivity index (χ3n) is 10.4. The molecule has 0 heterocycles. The van der Waals surface area contributed by atoms with Crippen LogP contribution in [0.3, 0.4) is 0 Å². The molecule has 0 fully saturated rings. The van der Waals surface area contributed by atoms with Crippen molar-refractivity contribution in [1.82, 2.24) is 0 Å². The first-order chi connectivity index (χ1) is 26.4. The van der Waals surface area contributed by atoms with Crippen LogP contribution in [0, 0.1) is 0 Å². The maximum atomic E-state index is 14.3. The predicted octanol–water partition coefficient (Wildman–Crippen LogP) is 12.8. The first kappa shape index (κ1) is 45.0.